The Bertz CT molecular complexity index is 384. The van der Waals surface area contributed by atoms with Gasteiger partial charge in [0.25, 0.3) is 0 Å². The van der Waals surface area contributed by atoms with Crippen molar-refractivity contribution in [3.05, 3.63) is 35.4 Å². The molecule has 0 aliphatic carbocycles. The molecule has 1 rings (SSSR count). The van der Waals surface area contributed by atoms with Crippen LogP contribution in [0.2, 0.25) is 0 Å². The minimum Gasteiger partial charge on any atom is -0.481 e. The highest BCUT2D eigenvalue weighted by atomic mass is 32.2. The second kappa shape index (κ2) is 6.10. The summed E-state index contributed by atoms with van der Waals surface area (Å²) in [7, 11) is 0. The normalized spacial score (nSPS) is 9.53. The van der Waals surface area contributed by atoms with E-state index in [1.54, 1.807) is 17.8 Å². The third kappa shape index (κ3) is 4.52. The van der Waals surface area contributed by atoms with E-state index in [1.807, 2.05) is 18.2 Å². The van der Waals surface area contributed by atoms with Gasteiger partial charge in [-0.25, -0.2) is 0 Å². The summed E-state index contributed by atoms with van der Waals surface area (Å²) in [5.41, 5.74) is 1.70. The van der Waals surface area contributed by atoms with Crippen LogP contribution in [0.25, 0.3) is 0 Å². The van der Waals surface area contributed by atoms with Crippen LogP contribution in [0, 0.1) is 11.3 Å². The molecule has 0 aromatic heterocycles. The Balaban J connectivity index is 2.38. The average Bonchev–Trinajstić information content (AvgIpc) is 2.24. The summed E-state index contributed by atoms with van der Waals surface area (Å²) in [6.45, 7) is 0. The molecule has 1 aromatic rings. The number of carboxylic acid groups (broad SMARTS) is 1. The first-order valence-corrected chi connectivity index (χ1v) is 5.66. The third-order valence-corrected chi connectivity index (χ3v) is 2.82. The summed E-state index contributed by atoms with van der Waals surface area (Å²) in [6, 6.07) is 9.43. The third-order valence-electron chi connectivity index (χ3n) is 1.79. The quantitative estimate of drug-likeness (QED) is 0.775. The molecule has 0 spiro atoms. The van der Waals surface area contributed by atoms with Crippen molar-refractivity contribution in [2.24, 2.45) is 0 Å². The van der Waals surface area contributed by atoms with Crippen molar-refractivity contribution in [1.82, 2.24) is 0 Å². The maximum Gasteiger partial charge on any atom is 0.304 e. The average molecular weight is 221 g/mol. The van der Waals surface area contributed by atoms with Crippen LogP contribution in [-0.2, 0) is 10.5 Å². The highest BCUT2D eigenvalue weighted by Gasteiger charge is 1.98. The van der Waals surface area contributed by atoms with Gasteiger partial charge in [-0.15, -0.1) is 0 Å². The van der Waals surface area contributed by atoms with Gasteiger partial charge in [0, 0.05) is 11.5 Å². The van der Waals surface area contributed by atoms with Crippen molar-refractivity contribution in [2.45, 2.75) is 12.2 Å². The van der Waals surface area contributed by atoms with Gasteiger partial charge in [0.2, 0.25) is 0 Å². The van der Waals surface area contributed by atoms with Crippen molar-refractivity contribution in [1.29, 1.82) is 5.26 Å². The zero-order valence-electron chi connectivity index (χ0n) is 8.14. The summed E-state index contributed by atoms with van der Waals surface area (Å²) in [4.78, 5) is 10.3. The molecule has 0 heterocycles. The lowest BCUT2D eigenvalue weighted by Crippen LogP contribution is -1.96. The van der Waals surface area contributed by atoms with Crippen molar-refractivity contribution < 1.29 is 9.90 Å². The van der Waals surface area contributed by atoms with Gasteiger partial charge in [-0.1, -0.05) is 12.1 Å². The molecule has 0 saturated heterocycles. The Hall–Kier alpha value is -1.47. The van der Waals surface area contributed by atoms with Gasteiger partial charge in [0.05, 0.1) is 18.1 Å². The smallest absolute Gasteiger partial charge is 0.304 e. The van der Waals surface area contributed by atoms with E-state index in [0.717, 1.165) is 11.3 Å². The van der Waals surface area contributed by atoms with Gasteiger partial charge in [-0.05, 0) is 17.7 Å². The van der Waals surface area contributed by atoms with E-state index in [1.165, 1.54) is 0 Å². The van der Waals surface area contributed by atoms with E-state index in [0.29, 0.717) is 11.3 Å². The molecule has 0 amide bonds. The Kier molecular flexibility index (Phi) is 4.72. The summed E-state index contributed by atoms with van der Waals surface area (Å²) < 4.78 is 0. The zero-order valence-corrected chi connectivity index (χ0v) is 8.96. The number of carboxylic acids is 1. The number of carbonyl (C=O) groups is 1. The van der Waals surface area contributed by atoms with Crippen LogP contribution >= 0.6 is 11.8 Å². The van der Waals surface area contributed by atoms with Gasteiger partial charge in [-0.2, -0.15) is 17.0 Å². The van der Waals surface area contributed by atoms with Crippen molar-refractivity contribution in [3.63, 3.8) is 0 Å². The zero-order chi connectivity index (χ0) is 11.1. The highest BCUT2D eigenvalue weighted by molar-refractivity contribution is 7.98. The van der Waals surface area contributed by atoms with Gasteiger partial charge < -0.3 is 5.11 Å². The molecule has 0 aliphatic heterocycles. The lowest BCUT2D eigenvalue weighted by molar-refractivity contribution is -0.136. The van der Waals surface area contributed by atoms with Crippen LogP contribution < -0.4 is 0 Å². The van der Waals surface area contributed by atoms with Crippen molar-refractivity contribution in [3.8, 4) is 6.07 Å². The van der Waals surface area contributed by atoms with Crippen LogP contribution in [0.1, 0.15) is 17.5 Å². The Labute approximate surface area is 92.7 Å². The van der Waals surface area contributed by atoms with E-state index >= 15 is 0 Å². The molecule has 0 unspecified atom stereocenters. The standard InChI is InChI=1S/C11H11NO2S/c12-7-9-2-1-3-10(6-9)8-15-5-4-11(13)14/h1-3,6H,4-5,8H2,(H,13,14). The van der Waals surface area contributed by atoms with E-state index in [9.17, 15) is 4.79 Å². The second-order valence-corrected chi connectivity index (χ2v) is 4.11. The van der Waals surface area contributed by atoms with Gasteiger partial charge >= 0.3 is 5.97 Å². The second-order valence-electron chi connectivity index (χ2n) is 3.01. The summed E-state index contributed by atoms with van der Waals surface area (Å²) in [5, 5.41) is 17.1. The SMILES string of the molecule is N#Cc1cccc(CSCCC(=O)O)c1. The van der Waals surface area contributed by atoms with Crippen molar-refractivity contribution >= 4 is 17.7 Å². The van der Waals surface area contributed by atoms with Crippen LogP contribution in [0.4, 0.5) is 0 Å². The number of hydrogen-bond donors (Lipinski definition) is 1. The number of benzene rings is 1. The molecule has 78 valence electrons. The van der Waals surface area contributed by atoms with Gasteiger partial charge in [0.15, 0.2) is 0 Å². The summed E-state index contributed by atoms with van der Waals surface area (Å²) in [6.07, 6.45) is 0.183. The first-order valence-electron chi connectivity index (χ1n) is 4.51. The van der Waals surface area contributed by atoms with Crippen LogP contribution in [0.3, 0.4) is 0 Å². The fraction of sp³-hybridized carbons (Fsp3) is 0.273. The number of rotatable bonds is 5. The Morgan fingerprint density at radius 3 is 3.00 bits per heavy atom. The largest absolute Gasteiger partial charge is 0.481 e. The maximum absolute atomic E-state index is 10.3. The first-order chi connectivity index (χ1) is 7.22. The molecule has 0 atom stereocenters. The fourth-order valence-electron chi connectivity index (χ4n) is 1.08. The number of nitrogens with zero attached hydrogens (tertiary/aromatic N) is 1. The molecule has 0 saturated carbocycles. The predicted octanol–water partition coefficient (Wildman–Crippen LogP) is 2.27. The molecule has 3 nitrogen and oxygen atoms in total. The predicted molar refractivity (Wildman–Crippen MR) is 59.6 cm³/mol. The molecular weight excluding hydrogens is 210 g/mol. The monoisotopic (exact) mass is 221 g/mol. The molecule has 0 radical (unpaired) electrons. The van der Waals surface area contributed by atoms with Crippen LogP contribution in [0.5, 0.6) is 0 Å². The van der Waals surface area contributed by atoms with E-state index < -0.39 is 5.97 Å². The van der Waals surface area contributed by atoms with Crippen LogP contribution in [0.15, 0.2) is 24.3 Å². The topological polar surface area (TPSA) is 61.1 Å². The van der Waals surface area contributed by atoms with Gasteiger partial charge in [0.1, 0.15) is 0 Å². The summed E-state index contributed by atoms with van der Waals surface area (Å²) in [5.74, 6) is 0.586. The molecule has 0 aliphatic rings. The van der Waals surface area contributed by atoms with Crippen molar-refractivity contribution in [2.75, 3.05) is 5.75 Å². The van der Waals surface area contributed by atoms with E-state index in [2.05, 4.69) is 6.07 Å². The fourth-order valence-corrected chi connectivity index (χ4v) is 1.96. The lowest BCUT2D eigenvalue weighted by Gasteiger charge is -2.00. The van der Waals surface area contributed by atoms with E-state index in [4.69, 9.17) is 10.4 Å². The summed E-state index contributed by atoms with van der Waals surface area (Å²) >= 11 is 1.56. The number of hydrogen-bond acceptors (Lipinski definition) is 3. The molecule has 1 N–H and O–H groups in total. The number of thioether (sulfide) groups is 1. The number of aliphatic carboxylic acids is 1. The van der Waals surface area contributed by atoms with E-state index in [-0.39, 0.29) is 6.42 Å². The number of nitriles is 1. The Morgan fingerprint density at radius 2 is 2.33 bits per heavy atom. The molecule has 0 bridgehead atoms. The highest BCUT2D eigenvalue weighted by Crippen LogP contribution is 2.14. The Morgan fingerprint density at radius 1 is 1.53 bits per heavy atom. The molecular formula is C11H11NO2S. The lowest BCUT2D eigenvalue weighted by atomic mass is 10.2. The van der Waals surface area contributed by atoms with Gasteiger partial charge in [-0.3, -0.25) is 4.79 Å². The van der Waals surface area contributed by atoms with Crippen LogP contribution in [-0.4, -0.2) is 16.8 Å². The minimum absolute atomic E-state index is 0.183. The maximum atomic E-state index is 10.3. The molecule has 0 fully saturated rings. The first kappa shape index (κ1) is 11.6. The molecule has 15 heavy (non-hydrogen) atoms. The molecule has 4 heteroatoms. The molecule has 1 aromatic carbocycles. The minimum atomic E-state index is -0.770.